The number of piperidine rings is 1. The Morgan fingerprint density at radius 1 is 1.38 bits per heavy atom. The van der Waals surface area contributed by atoms with E-state index in [4.69, 9.17) is 0 Å². The zero-order valence-corrected chi connectivity index (χ0v) is 11.7. The summed E-state index contributed by atoms with van der Waals surface area (Å²) in [5.41, 5.74) is 0. The van der Waals surface area contributed by atoms with Gasteiger partial charge in [0.05, 0.1) is 5.00 Å². The number of rotatable bonds is 2. The van der Waals surface area contributed by atoms with E-state index in [1.54, 1.807) is 0 Å². The van der Waals surface area contributed by atoms with E-state index in [0.717, 1.165) is 24.0 Å². The fourth-order valence-electron chi connectivity index (χ4n) is 2.07. The molecule has 5 nitrogen and oxygen atoms in total. The van der Waals surface area contributed by atoms with Crippen molar-refractivity contribution < 1.29 is 27.6 Å². The van der Waals surface area contributed by atoms with Crippen molar-refractivity contribution in [1.82, 2.24) is 5.32 Å². The number of carbonyl (C=O) groups is 3. The first kappa shape index (κ1) is 15.5. The average molecular weight is 320 g/mol. The highest BCUT2D eigenvalue weighted by molar-refractivity contribution is 7.16. The quantitative estimate of drug-likeness (QED) is 0.847. The van der Waals surface area contributed by atoms with Crippen LogP contribution in [0.25, 0.3) is 0 Å². The molecule has 0 radical (unpaired) electrons. The van der Waals surface area contributed by atoms with E-state index in [2.05, 4.69) is 5.32 Å². The molecule has 1 saturated heterocycles. The number of hydrogen-bond donors (Lipinski definition) is 1. The molecule has 3 amide bonds. The largest absolute Gasteiger partial charge is 0.425 e. The van der Waals surface area contributed by atoms with Crippen molar-refractivity contribution in [2.24, 2.45) is 0 Å². The van der Waals surface area contributed by atoms with Gasteiger partial charge in [-0.1, -0.05) is 0 Å². The van der Waals surface area contributed by atoms with E-state index >= 15 is 0 Å². The minimum Gasteiger partial charge on any atom is -0.295 e. The fourth-order valence-corrected chi connectivity index (χ4v) is 3.03. The van der Waals surface area contributed by atoms with Gasteiger partial charge in [-0.2, -0.15) is 13.2 Å². The Kier molecular flexibility index (Phi) is 4.04. The van der Waals surface area contributed by atoms with Crippen molar-refractivity contribution in [2.45, 2.75) is 32.0 Å². The molecule has 0 spiro atoms. The van der Waals surface area contributed by atoms with Gasteiger partial charge in [-0.15, -0.1) is 11.3 Å². The Balaban J connectivity index is 2.31. The van der Waals surface area contributed by atoms with Crippen LogP contribution in [0.5, 0.6) is 0 Å². The van der Waals surface area contributed by atoms with E-state index < -0.39 is 34.8 Å². The smallest absolute Gasteiger partial charge is 0.295 e. The standard InChI is InChI=1S/C12H11F3N2O3S/c1-6(18)17(7-2-4-9(19)16-11(7)20)10-5-3-8(21-10)12(13,14)15/h3,5,7H,2,4H2,1H3,(H,16,19,20). The highest BCUT2D eigenvalue weighted by Gasteiger charge is 2.37. The number of nitrogens with one attached hydrogen (secondary N) is 1. The van der Waals surface area contributed by atoms with Crippen LogP contribution >= 0.6 is 11.3 Å². The van der Waals surface area contributed by atoms with Crippen molar-refractivity contribution in [1.29, 1.82) is 0 Å². The van der Waals surface area contributed by atoms with Gasteiger partial charge in [0.15, 0.2) is 0 Å². The van der Waals surface area contributed by atoms with Crippen LogP contribution in [-0.2, 0) is 20.6 Å². The van der Waals surface area contributed by atoms with Gasteiger partial charge in [-0.3, -0.25) is 24.6 Å². The van der Waals surface area contributed by atoms with Gasteiger partial charge >= 0.3 is 6.18 Å². The third kappa shape index (κ3) is 3.23. The molecule has 1 atom stereocenters. The second-order valence-corrected chi connectivity index (χ2v) is 5.55. The summed E-state index contributed by atoms with van der Waals surface area (Å²) in [4.78, 5) is 34.8. The molecule has 1 N–H and O–H groups in total. The molecule has 2 heterocycles. The molecule has 2 rings (SSSR count). The summed E-state index contributed by atoms with van der Waals surface area (Å²) in [5, 5.41) is 2.11. The molecule has 0 bridgehead atoms. The number of hydrogen-bond acceptors (Lipinski definition) is 4. The Labute approximate surface area is 121 Å². The second kappa shape index (κ2) is 5.47. The summed E-state index contributed by atoms with van der Waals surface area (Å²) in [6, 6.07) is 1.04. The Morgan fingerprint density at radius 2 is 2.05 bits per heavy atom. The molecule has 1 unspecified atom stereocenters. The van der Waals surface area contributed by atoms with Gasteiger partial charge in [0.25, 0.3) is 0 Å². The molecule has 1 aliphatic heterocycles. The lowest BCUT2D eigenvalue weighted by Crippen LogP contribution is -2.54. The Bertz CT molecular complexity index is 597. The van der Waals surface area contributed by atoms with E-state index in [1.807, 2.05) is 0 Å². The lowest BCUT2D eigenvalue weighted by molar-refractivity contribution is -0.136. The number of nitrogens with zero attached hydrogens (tertiary/aromatic N) is 1. The van der Waals surface area contributed by atoms with Gasteiger partial charge < -0.3 is 0 Å². The van der Waals surface area contributed by atoms with Crippen LogP contribution in [0.15, 0.2) is 12.1 Å². The molecule has 1 aliphatic rings. The molecule has 1 aromatic rings. The van der Waals surface area contributed by atoms with Crippen molar-refractivity contribution in [3.05, 3.63) is 17.0 Å². The van der Waals surface area contributed by atoms with Gasteiger partial charge in [0.1, 0.15) is 10.9 Å². The minimum absolute atomic E-state index is 0.0318. The summed E-state index contributed by atoms with van der Waals surface area (Å²) >= 11 is 0.388. The van der Waals surface area contributed by atoms with Crippen LogP contribution < -0.4 is 10.2 Å². The summed E-state index contributed by atoms with van der Waals surface area (Å²) < 4.78 is 37.9. The molecular formula is C12H11F3N2O3S. The predicted molar refractivity (Wildman–Crippen MR) is 68.7 cm³/mol. The van der Waals surface area contributed by atoms with Crippen molar-refractivity contribution in [3.8, 4) is 0 Å². The average Bonchev–Trinajstić information content (AvgIpc) is 2.81. The van der Waals surface area contributed by atoms with E-state index in [1.165, 1.54) is 0 Å². The summed E-state index contributed by atoms with van der Waals surface area (Å²) in [7, 11) is 0. The molecule has 1 fully saturated rings. The number of imide groups is 1. The third-order valence-corrected chi connectivity index (χ3v) is 4.10. The van der Waals surface area contributed by atoms with Gasteiger partial charge in [0.2, 0.25) is 17.7 Å². The van der Waals surface area contributed by atoms with Crippen LogP contribution in [0.4, 0.5) is 18.2 Å². The summed E-state index contributed by atoms with van der Waals surface area (Å²) in [6.07, 6.45) is -4.38. The zero-order chi connectivity index (χ0) is 15.8. The Hall–Kier alpha value is -1.90. The SMILES string of the molecule is CC(=O)N(c1ccc(C(F)(F)F)s1)C1CCC(=O)NC1=O. The lowest BCUT2D eigenvalue weighted by Gasteiger charge is -2.31. The highest BCUT2D eigenvalue weighted by atomic mass is 32.1. The lowest BCUT2D eigenvalue weighted by atomic mass is 10.0. The Morgan fingerprint density at radius 3 is 2.52 bits per heavy atom. The second-order valence-electron chi connectivity index (χ2n) is 4.49. The molecule has 0 aromatic carbocycles. The van der Waals surface area contributed by atoms with E-state index in [9.17, 15) is 27.6 Å². The summed E-state index contributed by atoms with van der Waals surface area (Å²) in [5.74, 6) is -1.69. The van der Waals surface area contributed by atoms with Crippen LogP contribution in [0.2, 0.25) is 0 Å². The number of alkyl halides is 3. The minimum atomic E-state index is -4.50. The normalized spacial score (nSPS) is 19.3. The summed E-state index contributed by atoms with van der Waals surface area (Å²) in [6.45, 7) is 1.16. The van der Waals surface area contributed by atoms with Crippen molar-refractivity contribution >= 4 is 34.1 Å². The number of halogens is 3. The van der Waals surface area contributed by atoms with E-state index in [-0.39, 0.29) is 17.8 Å². The first-order valence-corrected chi connectivity index (χ1v) is 6.82. The number of amides is 3. The molecular weight excluding hydrogens is 309 g/mol. The first-order valence-electron chi connectivity index (χ1n) is 6.00. The number of anilines is 1. The van der Waals surface area contributed by atoms with Crippen LogP contribution in [0.1, 0.15) is 24.6 Å². The molecule has 114 valence electrons. The molecule has 9 heteroatoms. The van der Waals surface area contributed by atoms with E-state index in [0.29, 0.717) is 11.3 Å². The van der Waals surface area contributed by atoms with Gasteiger partial charge in [-0.25, -0.2) is 0 Å². The highest BCUT2D eigenvalue weighted by Crippen LogP contribution is 2.39. The monoisotopic (exact) mass is 320 g/mol. The van der Waals surface area contributed by atoms with Crippen LogP contribution in [-0.4, -0.2) is 23.8 Å². The predicted octanol–water partition coefficient (Wildman–Crippen LogP) is 1.92. The maximum absolute atomic E-state index is 12.6. The number of carbonyl (C=O) groups excluding carboxylic acids is 3. The topological polar surface area (TPSA) is 66.5 Å². The van der Waals surface area contributed by atoms with Gasteiger partial charge in [-0.05, 0) is 18.6 Å². The molecule has 1 aromatic heterocycles. The zero-order valence-electron chi connectivity index (χ0n) is 10.9. The number of thiophene rings is 1. The van der Waals surface area contributed by atoms with Crippen molar-refractivity contribution in [2.75, 3.05) is 4.90 Å². The molecule has 0 saturated carbocycles. The van der Waals surface area contributed by atoms with Crippen molar-refractivity contribution in [3.63, 3.8) is 0 Å². The van der Waals surface area contributed by atoms with Gasteiger partial charge in [0, 0.05) is 13.3 Å². The molecule has 0 aliphatic carbocycles. The fraction of sp³-hybridized carbons (Fsp3) is 0.417. The maximum Gasteiger partial charge on any atom is 0.425 e. The van der Waals surface area contributed by atoms with Crippen LogP contribution in [0, 0.1) is 0 Å². The molecule has 21 heavy (non-hydrogen) atoms. The van der Waals surface area contributed by atoms with Crippen LogP contribution in [0.3, 0.4) is 0 Å². The first-order chi connectivity index (χ1) is 9.70. The maximum atomic E-state index is 12.6. The third-order valence-electron chi connectivity index (χ3n) is 2.97.